The Balaban J connectivity index is 0.929. The highest BCUT2D eigenvalue weighted by Crippen LogP contribution is 2.65. The topological polar surface area (TPSA) is 6.48 Å². The lowest BCUT2D eigenvalue weighted by atomic mass is 9.67. The molecule has 0 aromatic heterocycles. The van der Waals surface area contributed by atoms with Crippen LogP contribution in [0.4, 0.5) is 22.7 Å². The van der Waals surface area contributed by atoms with Crippen molar-refractivity contribution < 1.29 is 0 Å². The van der Waals surface area contributed by atoms with Crippen LogP contribution in [0.3, 0.4) is 0 Å². The molecule has 4 aliphatic rings. The van der Waals surface area contributed by atoms with Gasteiger partial charge in [-0.3, -0.25) is 0 Å². The third kappa shape index (κ3) is 6.16. The molecule has 0 saturated carbocycles. The van der Waals surface area contributed by atoms with Crippen molar-refractivity contribution in [2.75, 3.05) is 9.80 Å². The van der Waals surface area contributed by atoms with Gasteiger partial charge in [0, 0.05) is 46.0 Å². The molecule has 0 heterocycles. The van der Waals surface area contributed by atoms with Crippen LogP contribution < -0.4 is 9.80 Å². The molecule has 2 heteroatoms. The van der Waals surface area contributed by atoms with E-state index in [0.717, 1.165) is 0 Å². The molecule has 0 N–H and O–H groups in total. The number of anilines is 4. The second-order valence-electron chi connectivity index (χ2n) is 21.2. The van der Waals surface area contributed by atoms with E-state index in [-0.39, 0.29) is 22.7 Å². The van der Waals surface area contributed by atoms with Gasteiger partial charge in [0.25, 0.3) is 0 Å². The highest BCUT2D eigenvalue weighted by Gasteiger charge is 2.55. The first-order chi connectivity index (χ1) is 33.0. The summed E-state index contributed by atoms with van der Waals surface area (Å²) in [7, 11) is 0. The third-order valence-corrected chi connectivity index (χ3v) is 16.5. The van der Waals surface area contributed by atoms with E-state index < -0.39 is 0 Å². The number of nitrogens with zero attached hydrogens (tertiary/aromatic N) is 2. The van der Waals surface area contributed by atoms with E-state index in [2.05, 4.69) is 258 Å². The van der Waals surface area contributed by atoms with Crippen LogP contribution in [-0.2, 0) is 10.8 Å². The van der Waals surface area contributed by atoms with E-state index in [1.165, 1.54) is 99.5 Å². The maximum Gasteiger partial charge on any atom is 0.0467 e. The third-order valence-electron chi connectivity index (χ3n) is 16.5. The van der Waals surface area contributed by atoms with Crippen LogP contribution in [0.15, 0.2) is 229 Å². The highest BCUT2D eigenvalue weighted by atomic mass is 15.2. The number of benzene rings is 9. The number of fused-ring (bicyclic) bond motifs is 11. The number of allylic oxidation sites excluding steroid dienone is 6. The van der Waals surface area contributed by atoms with Crippen LogP contribution >= 0.6 is 0 Å². The predicted molar refractivity (Wildman–Crippen MR) is 289 cm³/mol. The van der Waals surface area contributed by atoms with Crippen LogP contribution in [-0.4, -0.2) is 0 Å². The van der Waals surface area contributed by atoms with Gasteiger partial charge in [-0.1, -0.05) is 184 Å². The minimum absolute atomic E-state index is 0.123. The molecule has 2 nitrogen and oxygen atoms in total. The second-order valence-corrected chi connectivity index (χ2v) is 21.2. The zero-order valence-electron chi connectivity index (χ0n) is 39.8. The van der Waals surface area contributed by atoms with Gasteiger partial charge in [-0.15, -0.1) is 0 Å². The van der Waals surface area contributed by atoms with E-state index in [9.17, 15) is 0 Å². The van der Waals surface area contributed by atoms with Gasteiger partial charge in [-0.2, -0.15) is 0 Å². The Labute approximate surface area is 400 Å². The Hall–Kier alpha value is -7.42. The van der Waals surface area contributed by atoms with Crippen LogP contribution in [0.2, 0.25) is 0 Å². The summed E-state index contributed by atoms with van der Waals surface area (Å²) in [5.41, 5.74) is 16.0. The van der Waals surface area contributed by atoms with Crippen molar-refractivity contribution in [2.24, 2.45) is 11.8 Å². The number of rotatable bonds is 6. The summed E-state index contributed by atoms with van der Waals surface area (Å²) in [6, 6.07) is 67.8. The Morgan fingerprint density at radius 2 is 0.618 bits per heavy atom. The quantitative estimate of drug-likeness (QED) is 0.164. The molecule has 0 amide bonds. The molecule has 0 saturated heterocycles. The van der Waals surface area contributed by atoms with Crippen molar-refractivity contribution in [2.45, 2.75) is 64.2 Å². The van der Waals surface area contributed by atoms with Crippen molar-refractivity contribution in [1.82, 2.24) is 0 Å². The monoisotopic (exact) mass is 876 g/mol. The van der Waals surface area contributed by atoms with Crippen LogP contribution in [0.1, 0.15) is 75.6 Å². The molecule has 0 aliphatic heterocycles. The fourth-order valence-corrected chi connectivity index (χ4v) is 13.3. The fourth-order valence-electron chi connectivity index (χ4n) is 13.3. The summed E-state index contributed by atoms with van der Waals surface area (Å²) in [6.07, 6.45) is 10.3. The molecule has 0 fully saturated rings. The van der Waals surface area contributed by atoms with E-state index in [1.54, 1.807) is 11.1 Å². The molecule has 4 atom stereocenters. The molecular formula is C66H56N2. The molecule has 4 aliphatic carbocycles. The minimum Gasteiger partial charge on any atom is -0.311 e. The average molecular weight is 877 g/mol. The summed E-state index contributed by atoms with van der Waals surface area (Å²) in [5, 5.41) is 10.0. The molecule has 330 valence electrons. The lowest BCUT2D eigenvalue weighted by Gasteiger charge is -2.38. The zero-order chi connectivity index (χ0) is 46.1. The lowest BCUT2D eigenvalue weighted by Crippen LogP contribution is -2.33. The van der Waals surface area contributed by atoms with Crippen molar-refractivity contribution >= 4 is 65.8 Å². The Morgan fingerprint density at radius 1 is 0.338 bits per heavy atom. The van der Waals surface area contributed by atoms with E-state index in [0.29, 0.717) is 11.8 Å². The summed E-state index contributed by atoms with van der Waals surface area (Å²) in [4.78, 5) is 5.02. The van der Waals surface area contributed by atoms with Gasteiger partial charge in [0.2, 0.25) is 0 Å². The molecule has 9 aromatic carbocycles. The second kappa shape index (κ2) is 15.0. The predicted octanol–water partition coefficient (Wildman–Crippen LogP) is 17.6. The van der Waals surface area contributed by atoms with E-state index in [4.69, 9.17) is 0 Å². The summed E-state index contributed by atoms with van der Waals surface area (Å²) >= 11 is 0. The molecule has 0 spiro atoms. The van der Waals surface area contributed by atoms with Crippen LogP contribution in [0.25, 0.3) is 43.1 Å². The molecule has 13 rings (SSSR count). The van der Waals surface area contributed by atoms with Crippen molar-refractivity contribution in [3.05, 3.63) is 251 Å². The van der Waals surface area contributed by atoms with Crippen molar-refractivity contribution in [3.8, 4) is 0 Å². The van der Waals surface area contributed by atoms with Gasteiger partial charge in [-0.25, -0.2) is 0 Å². The van der Waals surface area contributed by atoms with E-state index >= 15 is 0 Å². The fraction of sp³-hybridized carbons (Fsp3) is 0.182. The SMILES string of the molecule is CC1=CC(N(c2ccc3ccccc3c2)c2ccc3ccccc3c2)=CC2C1c1ccc3c(c1C2(C)C)C(C)(C)C1C=C(N(c2ccc4ccccc4c2)c2ccc4ccccc4c2)C=C(C)C31. The summed E-state index contributed by atoms with van der Waals surface area (Å²) in [5.74, 6) is 1.18. The van der Waals surface area contributed by atoms with Gasteiger partial charge in [0.15, 0.2) is 0 Å². The minimum atomic E-state index is -0.123. The number of hydrogen-bond donors (Lipinski definition) is 0. The maximum absolute atomic E-state index is 2.64. The number of hydrogen-bond acceptors (Lipinski definition) is 2. The summed E-state index contributed by atoms with van der Waals surface area (Å²) in [6.45, 7) is 15.0. The van der Waals surface area contributed by atoms with Gasteiger partial charge in [0.05, 0.1) is 0 Å². The van der Waals surface area contributed by atoms with Crippen LogP contribution in [0.5, 0.6) is 0 Å². The average Bonchev–Trinajstić information content (AvgIpc) is 3.73. The molecule has 9 aromatic rings. The Bertz CT molecular complexity index is 3300. The first-order valence-corrected chi connectivity index (χ1v) is 24.6. The highest BCUT2D eigenvalue weighted by molar-refractivity contribution is 5.93. The molecular weight excluding hydrogens is 821 g/mol. The molecule has 68 heavy (non-hydrogen) atoms. The van der Waals surface area contributed by atoms with E-state index in [1.807, 2.05) is 0 Å². The van der Waals surface area contributed by atoms with Crippen LogP contribution in [0, 0.1) is 11.8 Å². The Kier molecular flexibility index (Phi) is 9.03. The van der Waals surface area contributed by atoms with Gasteiger partial charge in [0.1, 0.15) is 0 Å². The lowest BCUT2D eigenvalue weighted by molar-refractivity contribution is 0.359. The normalized spacial score (nSPS) is 20.8. The largest absolute Gasteiger partial charge is 0.311 e. The smallest absolute Gasteiger partial charge is 0.0467 e. The standard InChI is InChI=1S/C66H56N2/c1-41-33-55(67(51-27-23-43-15-7-11-19-47(43)35-51)52-28-24-44-16-8-12-20-48(44)36-52)39-59-61(41)57-31-32-58-62-42(2)34-56(40-60(62)66(5,6)64(58)63(57)65(59,3)4)68(53-29-25-45-17-9-13-21-49(45)37-53)54-30-26-46-18-10-14-22-50(46)38-54/h7-40,59-62H,1-6H3. The molecule has 0 radical (unpaired) electrons. The Morgan fingerprint density at radius 3 is 0.912 bits per heavy atom. The van der Waals surface area contributed by atoms with Gasteiger partial charge in [-0.05, 0) is 163 Å². The summed E-state index contributed by atoms with van der Waals surface area (Å²) < 4.78 is 0. The van der Waals surface area contributed by atoms with Gasteiger partial charge >= 0.3 is 0 Å². The molecule has 0 bridgehead atoms. The first kappa shape index (κ1) is 40.8. The zero-order valence-corrected chi connectivity index (χ0v) is 39.8. The first-order valence-electron chi connectivity index (χ1n) is 24.6. The maximum atomic E-state index is 2.64. The van der Waals surface area contributed by atoms with Crippen molar-refractivity contribution in [1.29, 1.82) is 0 Å². The molecule has 4 unspecified atom stereocenters. The van der Waals surface area contributed by atoms with Gasteiger partial charge < -0.3 is 9.80 Å². The van der Waals surface area contributed by atoms with Crippen molar-refractivity contribution in [3.63, 3.8) is 0 Å².